The van der Waals surface area contributed by atoms with Crippen molar-refractivity contribution in [2.24, 2.45) is 5.92 Å². The fourth-order valence-corrected chi connectivity index (χ4v) is 5.20. The highest BCUT2D eigenvalue weighted by molar-refractivity contribution is 7.99. The van der Waals surface area contributed by atoms with Gasteiger partial charge in [-0.3, -0.25) is 19.3 Å². The highest BCUT2D eigenvalue weighted by atomic mass is 32.2. The van der Waals surface area contributed by atoms with E-state index in [2.05, 4.69) is 0 Å². The van der Waals surface area contributed by atoms with E-state index >= 15 is 0 Å². The van der Waals surface area contributed by atoms with E-state index in [1.807, 2.05) is 59.5 Å². The first kappa shape index (κ1) is 21.6. The summed E-state index contributed by atoms with van der Waals surface area (Å²) in [6.45, 7) is 3.30. The summed E-state index contributed by atoms with van der Waals surface area (Å²) in [5.41, 5.74) is 0.618. The Morgan fingerprint density at radius 1 is 1.10 bits per heavy atom. The number of rotatable bonds is 6. The summed E-state index contributed by atoms with van der Waals surface area (Å²) in [5, 5.41) is 0. The molecule has 0 radical (unpaired) electrons. The molecule has 0 aromatic heterocycles. The maximum Gasteiger partial charge on any atom is 0.310 e. The number of hydrogen-bond donors (Lipinski definition) is 0. The van der Waals surface area contributed by atoms with Crippen molar-refractivity contribution < 1.29 is 19.1 Å². The first-order valence-corrected chi connectivity index (χ1v) is 11.5. The predicted octanol–water partition coefficient (Wildman–Crippen LogP) is 3.74. The van der Waals surface area contributed by atoms with E-state index in [1.54, 1.807) is 6.92 Å². The summed E-state index contributed by atoms with van der Waals surface area (Å²) in [5.74, 6) is -0.873. The fraction of sp³-hybridized carbons (Fsp3) is 0.375. The fourth-order valence-electron chi connectivity index (χ4n) is 4.24. The molecule has 2 aliphatic rings. The van der Waals surface area contributed by atoms with E-state index in [0.717, 1.165) is 22.6 Å². The van der Waals surface area contributed by atoms with Gasteiger partial charge >= 0.3 is 5.97 Å². The van der Waals surface area contributed by atoms with Crippen molar-refractivity contribution in [3.8, 4) is 0 Å². The lowest BCUT2D eigenvalue weighted by Gasteiger charge is -2.34. The van der Waals surface area contributed by atoms with Crippen LogP contribution in [0.1, 0.15) is 26.2 Å². The smallest absolute Gasteiger partial charge is 0.310 e. The number of carbonyl (C=O) groups is 3. The molecule has 2 aliphatic heterocycles. The Morgan fingerprint density at radius 2 is 1.84 bits per heavy atom. The van der Waals surface area contributed by atoms with Crippen LogP contribution in [0, 0.1) is 5.92 Å². The van der Waals surface area contributed by atoms with Crippen LogP contribution in [0.3, 0.4) is 0 Å². The van der Waals surface area contributed by atoms with Crippen molar-refractivity contribution in [2.75, 3.05) is 24.6 Å². The van der Waals surface area contributed by atoms with Gasteiger partial charge in [-0.15, -0.1) is 0 Å². The molecular formula is C24H26N2O4S. The normalized spacial score (nSPS) is 22.0. The number of benzene rings is 2. The number of hydrogen-bond acceptors (Lipinski definition) is 6. The van der Waals surface area contributed by atoms with Crippen molar-refractivity contribution in [1.29, 1.82) is 0 Å². The number of carbonyl (C=O) groups excluding carboxylic acids is 3. The van der Waals surface area contributed by atoms with E-state index in [1.165, 1.54) is 16.7 Å². The molecule has 2 aromatic rings. The minimum Gasteiger partial charge on any atom is -0.466 e. The Labute approximate surface area is 186 Å². The van der Waals surface area contributed by atoms with Gasteiger partial charge in [0.1, 0.15) is 0 Å². The topological polar surface area (TPSA) is 66.9 Å². The summed E-state index contributed by atoms with van der Waals surface area (Å²) < 4.78 is 5.17. The van der Waals surface area contributed by atoms with Gasteiger partial charge in [0.25, 0.3) is 5.91 Å². The zero-order valence-corrected chi connectivity index (χ0v) is 18.3. The number of para-hydroxylation sites is 1. The van der Waals surface area contributed by atoms with E-state index in [0.29, 0.717) is 25.4 Å². The Bertz CT molecular complexity index is 965. The molecule has 0 saturated carbocycles. The maximum absolute atomic E-state index is 13.4. The first-order valence-electron chi connectivity index (χ1n) is 10.7. The largest absolute Gasteiger partial charge is 0.466 e. The molecule has 2 amide bonds. The molecule has 162 valence electrons. The van der Waals surface area contributed by atoms with Crippen LogP contribution in [0.15, 0.2) is 64.4 Å². The molecule has 6 nitrogen and oxygen atoms in total. The van der Waals surface area contributed by atoms with Gasteiger partial charge in [-0.05, 0) is 50.6 Å². The van der Waals surface area contributed by atoms with Crippen molar-refractivity contribution >= 4 is 35.2 Å². The number of likely N-dealkylation sites (tertiary alicyclic amines) is 1. The average Bonchev–Trinajstić information content (AvgIpc) is 3.09. The molecular weight excluding hydrogens is 412 g/mol. The molecule has 7 heteroatoms. The van der Waals surface area contributed by atoms with Gasteiger partial charge in [0.2, 0.25) is 5.91 Å². The van der Waals surface area contributed by atoms with Crippen LogP contribution in [-0.2, 0) is 19.1 Å². The molecule has 0 aliphatic carbocycles. The molecule has 2 saturated heterocycles. The van der Waals surface area contributed by atoms with Gasteiger partial charge < -0.3 is 4.74 Å². The number of ether oxygens (including phenoxy) is 1. The molecule has 2 aromatic carbocycles. The second kappa shape index (κ2) is 9.66. The Balaban J connectivity index is 1.53. The third-order valence-corrected chi connectivity index (χ3v) is 6.79. The lowest BCUT2D eigenvalue weighted by atomic mass is 9.96. The van der Waals surface area contributed by atoms with Crippen LogP contribution in [0.4, 0.5) is 5.69 Å². The quantitative estimate of drug-likeness (QED) is 0.506. The summed E-state index contributed by atoms with van der Waals surface area (Å²) >= 11 is 1.53. The molecule has 31 heavy (non-hydrogen) atoms. The van der Waals surface area contributed by atoms with Crippen molar-refractivity contribution in [3.05, 3.63) is 54.6 Å². The van der Waals surface area contributed by atoms with Crippen LogP contribution >= 0.6 is 11.8 Å². The zero-order chi connectivity index (χ0) is 21.8. The molecule has 4 rings (SSSR count). The van der Waals surface area contributed by atoms with Crippen LogP contribution in [0.5, 0.6) is 0 Å². The molecule has 2 fully saturated rings. The highest BCUT2D eigenvalue weighted by Crippen LogP contribution is 2.38. The van der Waals surface area contributed by atoms with Crippen molar-refractivity contribution in [2.45, 2.75) is 42.0 Å². The number of anilines is 1. The van der Waals surface area contributed by atoms with Gasteiger partial charge in [-0.2, -0.15) is 0 Å². The summed E-state index contributed by atoms with van der Waals surface area (Å²) in [7, 11) is 0. The lowest BCUT2D eigenvalue weighted by molar-refractivity contribution is -0.150. The number of esters is 1. The third kappa shape index (κ3) is 4.67. The second-order valence-electron chi connectivity index (χ2n) is 7.76. The number of piperidine rings is 1. The van der Waals surface area contributed by atoms with Crippen molar-refractivity contribution in [3.63, 3.8) is 0 Å². The summed E-state index contributed by atoms with van der Waals surface area (Å²) in [6, 6.07) is 16.9. The van der Waals surface area contributed by atoms with Gasteiger partial charge in [-0.1, -0.05) is 42.1 Å². The molecule has 0 bridgehead atoms. The van der Waals surface area contributed by atoms with E-state index in [-0.39, 0.29) is 30.1 Å². The lowest BCUT2D eigenvalue weighted by Crippen LogP contribution is -2.48. The molecule has 0 N–H and O–H groups in total. The first-order chi connectivity index (χ1) is 15.1. The van der Waals surface area contributed by atoms with Gasteiger partial charge in [0.05, 0.1) is 30.7 Å². The number of amides is 2. The Hall–Kier alpha value is -2.64. The molecule has 0 spiro atoms. The van der Waals surface area contributed by atoms with E-state index in [9.17, 15) is 14.4 Å². The van der Waals surface area contributed by atoms with Gasteiger partial charge in [0, 0.05) is 16.3 Å². The average molecular weight is 439 g/mol. The zero-order valence-electron chi connectivity index (χ0n) is 17.5. The minimum atomic E-state index is -0.528. The number of nitrogens with zero attached hydrogens (tertiary/aromatic N) is 2. The van der Waals surface area contributed by atoms with E-state index in [4.69, 9.17) is 4.74 Å². The standard InChI is InChI=1S/C24H26N2O4S/c1-2-30-24(29)17-9-8-14-25(16-17)20-15-22(27)26(23(20)28)19-12-6-7-13-21(19)31-18-10-4-3-5-11-18/h3-7,10-13,17,20H,2,8-9,14-16H2,1H3. The Kier molecular flexibility index (Phi) is 6.73. The highest BCUT2D eigenvalue weighted by Gasteiger charge is 2.45. The molecule has 2 heterocycles. The van der Waals surface area contributed by atoms with Crippen LogP contribution in [0.2, 0.25) is 0 Å². The van der Waals surface area contributed by atoms with Gasteiger partial charge in [-0.25, -0.2) is 4.90 Å². The van der Waals surface area contributed by atoms with Crippen LogP contribution < -0.4 is 4.90 Å². The van der Waals surface area contributed by atoms with E-state index < -0.39 is 6.04 Å². The monoisotopic (exact) mass is 438 g/mol. The van der Waals surface area contributed by atoms with Crippen LogP contribution in [0.25, 0.3) is 0 Å². The maximum atomic E-state index is 13.4. The van der Waals surface area contributed by atoms with Gasteiger partial charge in [0.15, 0.2) is 0 Å². The Morgan fingerprint density at radius 3 is 2.61 bits per heavy atom. The SMILES string of the molecule is CCOC(=O)C1CCCN(C2CC(=O)N(c3ccccc3Sc3ccccc3)C2=O)C1. The third-order valence-electron chi connectivity index (χ3n) is 5.71. The van der Waals surface area contributed by atoms with Crippen molar-refractivity contribution in [1.82, 2.24) is 4.90 Å². The minimum absolute atomic E-state index is 0.138. The summed E-state index contributed by atoms with van der Waals surface area (Å²) in [6.07, 6.45) is 1.70. The summed E-state index contributed by atoms with van der Waals surface area (Å²) in [4.78, 5) is 43.7. The van der Waals surface area contributed by atoms with Crippen LogP contribution in [-0.4, -0.2) is 48.4 Å². The molecule has 2 unspecified atom stereocenters. The molecule has 2 atom stereocenters. The number of imide groups is 1. The predicted molar refractivity (Wildman–Crippen MR) is 119 cm³/mol. The second-order valence-corrected chi connectivity index (χ2v) is 8.87.